The van der Waals surface area contributed by atoms with E-state index in [1.165, 1.54) is 18.9 Å². The number of ether oxygens (including phenoxy) is 3. The Morgan fingerprint density at radius 2 is 1.81 bits per heavy atom. The summed E-state index contributed by atoms with van der Waals surface area (Å²) in [5.41, 5.74) is 2.46. The number of nitrogens with zero attached hydrogens (tertiary/aromatic N) is 2. The lowest BCUT2D eigenvalue weighted by Crippen LogP contribution is -2.15. The Balaban J connectivity index is 1.76. The molecule has 0 fully saturated rings. The molecule has 31 heavy (non-hydrogen) atoms. The SMILES string of the molecule is COc1cccc(-c2ccc(C#N)c(SCC(=O)Nc3cc(OC)ccc3OC)n2)c1. The maximum atomic E-state index is 12.5. The molecule has 1 aromatic heterocycles. The average Bonchev–Trinajstić information content (AvgIpc) is 2.82. The van der Waals surface area contributed by atoms with Crippen LogP contribution < -0.4 is 19.5 Å². The zero-order chi connectivity index (χ0) is 22.2. The molecule has 0 bridgehead atoms. The third kappa shape index (κ3) is 5.47. The minimum atomic E-state index is -0.256. The molecule has 0 radical (unpaired) electrons. The number of carbonyl (C=O) groups excluding carboxylic acids is 1. The van der Waals surface area contributed by atoms with E-state index >= 15 is 0 Å². The molecule has 0 aliphatic rings. The van der Waals surface area contributed by atoms with Crippen LogP contribution in [0.1, 0.15) is 5.56 Å². The first-order chi connectivity index (χ1) is 15.1. The third-order valence-corrected chi connectivity index (χ3v) is 5.36. The van der Waals surface area contributed by atoms with Crippen molar-refractivity contribution in [3.8, 4) is 34.6 Å². The standard InChI is InChI=1S/C23H21N3O4S/c1-28-17-6-4-5-15(11-17)19-9-7-16(13-24)23(26-19)31-14-22(27)25-20-12-18(29-2)8-10-21(20)30-3/h4-12H,14H2,1-3H3,(H,25,27). The highest BCUT2D eigenvalue weighted by molar-refractivity contribution is 8.00. The van der Waals surface area contributed by atoms with Gasteiger partial charge in [-0.25, -0.2) is 4.98 Å². The number of rotatable bonds is 8. The average molecular weight is 436 g/mol. The predicted octanol–water partition coefficient (Wildman–Crippen LogP) is 4.38. The van der Waals surface area contributed by atoms with Crippen LogP contribution in [-0.2, 0) is 4.79 Å². The minimum absolute atomic E-state index is 0.0730. The predicted molar refractivity (Wildman–Crippen MR) is 120 cm³/mol. The van der Waals surface area contributed by atoms with Gasteiger partial charge in [0.05, 0.1) is 44.0 Å². The zero-order valence-electron chi connectivity index (χ0n) is 17.3. The number of benzene rings is 2. The molecule has 2 aromatic carbocycles. The molecule has 0 saturated heterocycles. The number of methoxy groups -OCH3 is 3. The molecular weight excluding hydrogens is 414 g/mol. The molecule has 1 heterocycles. The molecule has 0 aliphatic carbocycles. The van der Waals surface area contributed by atoms with Crippen molar-refractivity contribution >= 4 is 23.4 Å². The van der Waals surface area contributed by atoms with Crippen LogP contribution in [-0.4, -0.2) is 38.0 Å². The number of pyridine rings is 1. The highest BCUT2D eigenvalue weighted by Crippen LogP contribution is 2.30. The summed E-state index contributed by atoms with van der Waals surface area (Å²) in [6.45, 7) is 0. The Morgan fingerprint density at radius 1 is 1.03 bits per heavy atom. The fourth-order valence-corrected chi connectivity index (χ4v) is 3.58. The van der Waals surface area contributed by atoms with E-state index in [1.54, 1.807) is 44.6 Å². The van der Waals surface area contributed by atoms with Crippen LogP contribution in [0.5, 0.6) is 17.2 Å². The number of aromatic nitrogens is 1. The van der Waals surface area contributed by atoms with E-state index in [2.05, 4.69) is 16.4 Å². The Bertz CT molecular complexity index is 1130. The Labute approximate surface area is 185 Å². The molecule has 1 N–H and O–H groups in total. The molecule has 0 aliphatic heterocycles. The van der Waals surface area contributed by atoms with Gasteiger partial charge < -0.3 is 19.5 Å². The van der Waals surface area contributed by atoms with Gasteiger partial charge in [-0.15, -0.1) is 0 Å². The lowest BCUT2D eigenvalue weighted by Gasteiger charge is -2.12. The van der Waals surface area contributed by atoms with Gasteiger partial charge in [-0.3, -0.25) is 4.79 Å². The molecule has 158 valence electrons. The topological polar surface area (TPSA) is 93.5 Å². The number of hydrogen-bond donors (Lipinski definition) is 1. The van der Waals surface area contributed by atoms with E-state index in [4.69, 9.17) is 14.2 Å². The van der Waals surface area contributed by atoms with Crippen LogP contribution in [0.15, 0.2) is 59.6 Å². The smallest absolute Gasteiger partial charge is 0.234 e. The van der Waals surface area contributed by atoms with Crippen LogP contribution in [0.4, 0.5) is 5.69 Å². The van der Waals surface area contributed by atoms with Gasteiger partial charge in [-0.2, -0.15) is 5.26 Å². The van der Waals surface area contributed by atoms with Crippen molar-refractivity contribution in [3.05, 3.63) is 60.2 Å². The lowest BCUT2D eigenvalue weighted by atomic mass is 10.1. The number of carbonyl (C=O) groups is 1. The van der Waals surface area contributed by atoms with E-state index in [9.17, 15) is 10.1 Å². The molecule has 0 atom stereocenters. The summed E-state index contributed by atoms with van der Waals surface area (Å²) in [5, 5.41) is 12.7. The summed E-state index contributed by atoms with van der Waals surface area (Å²) >= 11 is 1.19. The second-order valence-corrected chi connectivity index (χ2v) is 7.26. The van der Waals surface area contributed by atoms with E-state index in [-0.39, 0.29) is 11.7 Å². The first kappa shape index (κ1) is 22.0. The molecule has 0 saturated carbocycles. The van der Waals surface area contributed by atoms with Crippen LogP contribution in [0.3, 0.4) is 0 Å². The summed E-state index contributed by atoms with van der Waals surface area (Å²) < 4.78 is 15.8. The van der Waals surface area contributed by atoms with Crippen molar-refractivity contribution in [1.29, 1.82) is 5.26 Å². The van der Waals surface area contributed by atoms with E-state index in [1.807, 2.05) is 24.3 Å². The normalized spacial score (nSPS) is 10.1. The van der Waals surface area contributed by atoms with E-state index in [0.717, 1.165) is 5.56 Å². The maximum Gasteiger partial charge on any atom is 0.234 e. The fourth-order valence-electron chi connectivity index (χ4n) is 2.81. The Kier molecular flexibility index (Phi) is 7.35. The summed E-state index contributed by atoms with van der Waals surface area (Å²) in [6, 6.07) is 18.2. The molecule has 3 rings (SSSR count). The highest BCUT2D eigenvalue weighted by atomic mass is 32.2. The van der Waals surface area contributed by atoms with Gasteiger partial charge in [0.2, 0.25) is 5.91 Å². The van der Waals surface area contributed by atoms with Crippen LogP contribution in [0.2, 0.25) is 0 Å². The van der Waals surface area contributed by atoms with Gasteiger partial charge in [-0.05, 0) is 36.4 Å². The van der Waals surface area contributed by atoms with Crippen LogP contribution >= 0.6 is 11.8 Å². The number of nitriles is 1. The molecule has 3 aromatic rings. The molecule has 0 spiro atoms. The van der Waals surface area contributed by atoms with Gasteiger partial charge >= 0.3 is 0 Å². The van der Waals surface area contributed by atoms with Crippen molar-refractivity contribution in [2.45, 2.75) is 5.03 Å². The molecule has 8 heteroatoms. The third-order valence-electron chi connectivity index (χ3n) is 4.37. The monoisotopic (exact) mass is 435 g/mol. The molecule has 0 unspecified atom stereocenters. The van der Waals surface area contributed by atoms with Crippen LogP contribution in [0.25, 0.3) is 11.3 Å². The summed E-state index contributed by atoms with van der Waals surface area (Å²) in [7, 11) is 4.68. The Morgan fingerprint density at radius 3 is 2.52 bits per heavy atom. The molecular formula is C23H21N3O4S. The molecule has 7 nitrogen and oxygen atoms in total. The van der Waals surface area contributed by atoms with Crippen LogP contribution in [0, 0.1) is 11.3 Å². The first-order valence-corrected chi connectivity index (χ1v) is 10.3. The van der Waals surface area contributed by atoms with Gasteiger partial charge in [0, 0.05) is 11.6 Å². The zero-order valence-corrected chi connectivity index (χ0v) is 18.2. The maximum absolute atomic E-state index is 12.5. The van der Waals surface area contributed by atoms with Crippen molar-refractivity contribution in [3.63, 3.8) is 0 Å². The van der Waals surface area contributed by atoms with Crippen molar-refractivity contribution < 1.29 is 19.0 Å². The number of amides is 1. The second kappa shape index (κ2) is 10.4. The van der Waals surface area contributed by atoms with Gasteiger partial charge in [0.25, 0.3) is 0 Å². The lowest BCUT2D eigenvalue weighted by molar-refractivity contribution is -0.113. The van der Waals surface area contributed by atoms with Gasteiger partial charge in [0.1, 0.15) is 28.3 Å². The van der Waals surface area contributed by atoms with E-state index in [0.29, 0.717) is 39.2 Å². The van der Waals surface area contributed by atoms with Crippen molar-refractivity contribution in [2.75, 3.05) is 32.4 Å². The van der Waals surface area contributed by atoms with Crippen molar-refractivity contribution in [1.82, 2.24) is 4.98 Å². The number of thioether (sulfide) groups is 1. The van der Waals surface area contributed by atoms with Gasteiger partial charge in [-0.1, -0.05) is 23.9 Å². The van der Waals surface area contributed by atoms with Crippen molar-refractivity contribution in [2.24, 2.45) is 0 Å². The largest absolute Gasteiger partial charge is 0.497 e. The number of hydrogen-bond acceptors (Lipinski definition) is 7. The summed E-state index contributed by atoms with van der Waals surface area (Å²) in [5.74, 6) is 1.65. The first-order valence-electron chi connectivity index (χ1n) is 9.28. The Hall–Kier alpha value is -3.70. The van der Waals surface area contributed by atoms with Gasteiger partial charge in [0.15, 0.2) is 0 Å². The number of nitrogens with one attached hydrogen (secondary N) is 1. The fraction of sp³-hybridized carbons (Fsp3) is 0.174. The molecule has 1 amide bonds. The van der Waals surface area contributed by atoms with E-state index < -0.39 is 0 Å². The quantitative estimate of drug-likeness (QED) is 0.525. The summed E-state index contributed by atoms with van der Waals surface area (Å²) in [6.07, 6.45) is 0. The highest BCUT2D eigenvalue weighted by Gasteiger charge is 2.13. The second-order valence-electron chi connectivity index (χ2n) is 6.30. The minimum Gasteiger partial charge on any atom is -0.497 e. The summed E-state index contributed by atoms with van der Waals surface area (Å²) in [4.78, 5) is 17.1. The number of anilines is 1.